The van der Waals surface area contributed by atoms with E-state index in [1.807, 2.05) is 12.1 Å². The predicted octanol–water partition coefficient (Wildman–Crippen LogP) is 3.17. The molecule has 0 N–H and O–H groups in total. The van der Waals surface area contributed by atoms with Crippen molar-refractivity contribution >= 4 is 26.5 Å². The molecule has 2 aliphatic rings. The van der Waals surface area contributed by atoms with Gasteiger partial charge in [0.05, 0.1) is 4.90 Å². The Labute approximate surface area is 172 Å². The molecule has 5 nitrogen and oxygen atoms in total. The van der Waals surface area contributed by atoms with E-state index >= 15 is 0 Å². The number of rotatable bonds is 4. The summed E-state index contributed by atoms with van der Waals surface area (Å²) in [4.78, 5) is 5.29. The third kappa shape index (κ3) is 3.41. The summed E-state index contributed by atoms with van der Waals surface area (Å²) in [6, 6.07) is 22.3. The lowest BCUT2D eigenvalue weighted by Crippen LogP contribution is -2.48. The third-order valence-electron chi connectivity index (χ3n) is 6.08. The van der Waals surface area contributed by atoms with Crippen molar-refractivity contribution < 1.29 is 8.42 Å². The van der Waals surface area contributed by atoms with E-state index in [2.05, 4.69) is 52.3 Å². The van der Waals surface area contributed by atoms with Crippen LogP contribution >= 0.6 is 0 Å². The van der Waals surface area contributed by atoms with Crippen LogP contribution in [0.4, 0.5) is 5.69 Å². The second kappa shape index (κ2) is 7.44. The van der Waals surface area contributed by atoms with Gasteiger partial charge in [-0.1, -0.05) is 54.6 Å². The first-order valence-electron chi connectivity index (χ1n) is 10.2. The van der Waals surface area contributed by atoms with Crippen LogP contribution in [0, 0.1) is 0 Å². The zero-order valence-electron chi connectivity index (χ0n) is 16.4. The van der Waals surface area contributed by atoms with Crippen molar-refractivity contribution in [2.45, 2.75) is 11.4 Å². The molecule has 3 aromatic carbocycles. The maximum absolute atomic E-state index is 12.7. The van der Waals surface area contributed by atoms with Crippen LogP contribution in [-0.2, 0) is 16.6 Å². The van der Waals surface area contributed by atoms with E-state index in [0.717, 1.165) is 38.3 Å². The molecule has 0 unspecified atom stereocenters. The van der Waals surface area contributed by atoms with Crippen molar-refractivity contribution in [3.63, 3.8) is 0 Å². The second-order valence-corrected chi connectivity index (χ2v) is 9.68. The third-order valence-corrected chi connectivity index (χ3v) is 8.03. The first kappa shape index (κ1) is 18.6. The quantitative estimate of drug-likeness (QED) is 0.666. The summed E-state index contributed by atoms with van der Waals surface area (Å²) in [5, 5.41) is 2.57. The van der Waals surface area contributed by atoms with Gasteiger partial charge >= 0.3 is 0 Å². The maximum atomic E-state index is 12.7. The first-order valence-corrected chi connectivity index (χ1v) is 11.6. The van der Waals surface area contributed by atoms with Crippen LogP contribution in [0.15, 0.2) is 71.6 Å². The number of piperazine rings is 1. The van der Waals surface area contributed by atoms with E-state index in [0.29, 0.717) is 18.0 Å². The molecule has 1 saturated heterocycles. The minimum Gasteiger partial charge on any atom is -0.368 e. The number of anilines is 1. The smallest absolute Gasteiger partial charge is 0.243 e. The lowest BCUT2D eigenvalue weighted by molar-refractivity contribution is 0.237. The first-order chi connectivity index (χ1) is 14.1. The molecule has 0 aromatic heterocycles. The lowest BCUT2D eigenvalue weighted by atomic mass is 10.1. The van der Waals surface area contributed by atoms with Gasteiger partial charge in [-0.25, -0.2) is 8.42 Å². The van der Waals surface area contributed by atoms with Gasteiger partial charge in [-0.15, -0.1) is 0 Å². The SMILES string of the molecule is O=S1(=O)c2ccccc2CN1CCN1CCN(c2cccc3ccccc23)CC1. The van der Waals surface area contributed by atoms with Crippen LogP contribution < -0.4 is 4.90 Å². The summed E-state index contributed by atoms with van der Waals surface area (Å²) in [6.45, 7) is 5.63. The van der Waals surface area contributed by atoms with Crippen molar-refractivity contribution in [3.05, 3.63) is 72.3 Å². The van der Waals surface area contributed by atoms with Crippen molar-refractivity contribution in [1.29, 1.82) is 0 Å². The number of fused-ring (bicyclic) bond motifs is 2. The number of benzene rings is 3. The highest BCUT2D eigenvalue weighted by molar-refractivity contribution is 7.89. The van der Waals surface area contributed by atoms with Crippen LogP contribution in [0.1, 0.15) is 5.56 Å². The number of hydrogen-bond donors (Lipinski definition) is 0. The molecular formula is C23H25N3O2S. The Balaban J connectivity index is 1.21. The van der Waals surface area contributed by atoms with E-state index in [-0.39, 0.29) is 0 Å². The molecular weight excluding hydrogens is 382 g/mol. The van der Waals surface area contributed by atoms with Crippen molar-refractivity contribution in [2.75, 3.05) is 44.2 Å². The molecule has 2 heterocycles. The minimum absolute atomic E-state index is 0.473. The van der Waals surface area contributed by atoms with Crippen molar-refractivity contribution in [1.82, 2.24) is 9.21 Å². The van der Waals surface area contributed by atoms with Crippen LogP contribution in [0.3, 0.4) is 0 Å². The molecule has 0 amide bonds. The number of nitrogens with zero attached hydrogens (tertiary/aromatic N) is 3. The summed E-state index contributed by atoms with van der Waals surface area (Å²) in [7, 11) is -3.33. The van der Waals surface area contributed by atoms with Gasteiger partial charge in [0.15, 0.2) is 0 Å². The number of sulfonamides is 1. The Hall–Kier alpha value is -2.41. The van der Waals surface area contributed by atoms with Gasteiger partial charge in [0.1, 0.15) is 0 Å². The summed E-state index contributed by atoms with van der Waals surface area (Å²) in [5.74, 6) is 0. The van der Waals surface area contributed by atoms with Crippen LogP contribution in [0.2, 0.25) is 0 Å². The largest absolute Gasteiger partial charge is 0.368 e. The summed E-state index contributed by atoms with van der Waals surface area (Å²) in [6.07, 6.45) is 0. The minimum atomic E-state index is -3.33. The Morgan fingerprint density at radius 2 is 1.48 bits per heavy atom. The molecule has 0 aliphatic carbocycles. The topological polar surface area (TPSA) is 43.9 Å². The average molecular weight is 408 g/mol. The lowest BCUT2D eigenvalue weighted by Gasteiger charge is -2.37. The maximum Gasteiger partial charge on any atom is 0.243 e. The van der Waals surface area contributed by atoms with Gasteiger partial charge in [-0.05, 0) is 23.1 Å². The van der Waals surface area contributed by atoms with E-state index in [1.165, 1.54) is 16.5 Å². The predicted molar refractivity (Wildman–Crippen MR) is 117 cm³/mol. The van der Waals surface area contributed by atoms with Crippen LogP contribution in [-0.4, -0.2) is 56.9 Å². The molecule has 0 spiro atoms. The molecule has 0 radical (unpaired) electrons. The molecule has 5 rings (SSSR count). The molecule has 2 aliphatic heterocycles. The molecule has 0 bridgehead atoms. The zero-order chi connectivity index (χ0) is 19.8. The van der Waals surface area contributed by atoms with Gasteiger partial charge in [-0.3, -0.25) is 4.90 Å². The molecule has 150 valence electrons. The van der Waals surface area contributed by atoms with Gasteiger partial charge in [-0.2, -0.15) is 4.31 Å². The summed E-state index contributed by atoms with van der Waals surface area (Å²) >= 11 is 0. The van der Waals surface area contributed by atoms with Crippen LogP contribution in [0.5, 0.6) is 0 Å². The molecule has 3 aromatic rings. The molecule has 0 atom stereocenters. The second-order valence-electron chi connectivity index (χ2n) is 7.77. The Morgan fingerprint density at radius 1 is 0.759 bits per heavy atom. The summed E-state index contributed by atoms with van der Waals surface area (Å²) < 4.78 is 27.1. The highest BCUT2D eigenvalue weighted by atomic mass is 32.2. The van der Waals surface area contributed by atoms with Crippen molar-refractivity contribution in [3.8, 4) is 0 Å². The van der Waals surface area contributed by atoms with Crippen molar-refractivity contribution in [2.24, 2.45) is 0 Å². The monoisotopic (exact) mass is 407 g/mol. The van der Waals surface area contributed by atoms with Crippen LogP contribution in [0.25, 0.3) is 10.8 Å². The zero-order valence-corrected chi connectivity index (χ0v) is 17.2. The van der Waals surface area contributed by atoms with E-state index in [4.69, 9.17) is 0 Å². The Bertz CT molecular complexity index is 1130. The molecule has 6 heteroatoms. The van der Waals surface area contributed by atoms with Gasteiger partial charge in [0.2, 0.25) is 10.0 Å². The fourth-order valence-electron chi connectivity index (χ4n) is 4.45. The van der Waals surface area contributed by atoms with E-state index in [1.54, 1.807) is 16.4 Å². The standard InChI is InChI=1S/C23H25N3O2S/c27-29(28)23-11-4-2-7-20(23)18-26(29)17-14-24-12-15-25(16-13-24)22-10-5-8-19-6-1-3-9-21(19)22/h1-11H,12-18H2. The Morgan fingerprint density at radius 3 is 2.31 bits per heavy atom. The fraction of sp³-hybridized carbons (Fsp3) is 0.304. The van der Waals surface area contributed by atoms with Gasteiger partial charge in [0.25, 0.3) is 0 Å². The Kier molecular flexibility index (Phi) is 4.78. The number of hydrogen-bond acceptors (Lipinski definition) is 4. The highest BCUT2D eigenvalue weighted by Crippen LogP contribution is 2.30. The highest BCUT2D eigenvalue weighted by Gasteiger charge is 2.34. The van der Waals surface area contributed by atoms with E-state index in [9.17, 15) is 8.42 Å². The molecule has 0 saturated carbocycles. The molecule has 29 heavy (non-hydrogen) atoms. The average Bonchev–Trinajstić information content (AvgIpc) is 3.02. The van der Waals surface area contributed by atoms with E-state index < -0.39 is 10.0 Å². The van der Waals surface area contributed by atoms with Gasteiger partial charge in [0, 0.05) is 56.9 Å². The fourth-order valence-corrected chi connectivity index (χ4v) is 6.07. The molecule has 1 fully saturated rings. The normalized spacial score (nSPS) is 19.5. The van der Waals surface area contributed by atoms with Gasteiger partial charge < -0.3 is 4.90 Å². The summed E-state index contributed by atoms with van der Waals surface area (Å²) in [5.41, 5.74) is 2.20.